The van der Waals surface area contributed by atoms with Crippen LogP contribution in [0.25, 0.3) is 0 Å². The number of cyclic esters (lactones) is 1. The Morgan fingerprint density at radius 2 is 1.98 bits per heavy atom. The van der Waals surface area contributed by atoms with Gasteiger partial charge in [0.15, 0.2) is 5.60 Å². The van der Waals surface area contributed by atoms with Gasteiger partial charge in [0.2, 0.25) is 0 Å². The lowest BCUT2D eigenvalue weighted by Crippen LogP contribution is -2.76. The maximum atomic E-state index is 14.8. The summed E-state index contributed by atoms with van der Waals surface area (Å²) in [6.07, 6.45) is 22.8. The van der Waals surface area contributed by atoms with Gasteiger partial charge in [0.1, 0.15) is 11.2 Å². The molecule has 7 aliphatic rings. The summed E-state index contributed by atoms with van der Waals surface area (Å²) in [4.78, 5) is 28.8. The summed E-state index contributed by atoms with van der Waals surface area (Å²) in [6, 6.07) is 6.22. The van der Waals surface area contributed by atoms with Crippen LogP contribution in [0.15, 0.2) is 77.1 Å². The van der Waals surface area contributed by atoms with Gasteiger partial charge in [0, 0.05) is 17.4 Å². The van der Waals surface area contributed by atoms with Gasteiger partial charge < -0.3 is 15.2 Å². The second kappa shape index (κ2) is 9.66. The average Bonchev–Trinajstić information content (AvgIpc) is 3.47. The number of esters is 2. The van der Waals surface area contributed by atoms with Gasteiger partial charge >= 0.3 is 11.9 Å². The molecule has 7 atom stereocenters. The van der Waals surface area contributed by atoms with Crippen molar-refractivity contribution in [3.8, 4) is 0 Å². The fourth-order valence-corrected chi connectivity index (χ4v) is 10.9. The Morgan fingerprint density at radius 3 is 2.79 bits per heavy atom. The van der Waals surface area contributed by atoms with Crippen molar-refractivity contribution in [2.75, 3.05) is 6.54 Å². The lowest BCUT2D eigenvalue weighted by Gasteiger charge is -2.71. The third-order valence-electron chi connectivity index (χ3n) is 12.2. The van der Waals surface area contributed by atoms with Gasteiger partial charge in [0.05, 0.1) is 11.0 Å². The monoisotopic (exact) mass is 577 g/mol. The minimum Gasteiger partial charge on any atom is -0.449 e. The minimum absolute atomic E-state index is 0.138. The molecule has 1 aromatic carbocycles. The maximum Gasteiger partial charge on any atom is 0.339 e. The van der Waals surface area contributed by atoms with Crippen LogP contribution in [-0.4, -0.2) is 18.5 Å². The lowest BCUT2D eigenvalue weighted by molar-refractivity contribution is -0.275. The zero-order chi connectivity index (χ0) is 29.6. The SMILES string of the molecule is CCCC=C1OC(=O)[C@@]23C4=C(CC[C@@]12[C@@]1(OC(=O)c2c(CCCN)cccc21)[C@H]3CCC)[C@@H]1C=CC[C@@H]2CC=CC(=C4)[C@H]21. The van der Waals surface area contributed by atoms with E-state index in [1.807, 2.05) is 6.07 Å². The van der Waals surface area contributed by atoms with E-state index in [9.17, 15) is 9.59 Å². The molecule has 0 unspecified atom stereocenters. The second-order valence-electron chi connectivity index (χ2n) is 13.9. The zero-order valence-corrected chi connectivity index (χ0v) is 25.5. The number of carbonyl (C=O) groups is 2. The number of rotatable bonds is 7. The molecule has 5 aliphatic carbocycles. The molecule has 5 nitrogen and oxygen atoms in total. The van der Waals surface area contributed by atoms with Gasteiger partial charge in [-0.3, -0.25) is 4.79 Å². The van der Waals surface area contributed by atoms with Gasteiger partial charge in [-0.05, 0) is 92.5 Å². The molecule has 43 heavy (non-hydrogen) atoms. The van der Waals surface area contributed by atoms with Crippen LogP contribution in [0.2, 0.25) is 0 Å². The zero-order valence-electron chi connectivity index (χ0n) is 25.5. The summed E-state index contributed by atoms with van der Waals surface area (Å²) in [6.45, 7) is 4.90. The van der Waals surface area contributed by atoms with Crippen molar-refractivity contribution in [1.82, 2.24) is 0 Å². The van der Waals surface area contributed by atoms with Gasteiger partial charge in [-0.15, -0.1) is 0 Å². The first kappa shape index (κ1) is 27.4. The molecule has 2 heterocycles. The quantitative estimate of drug-likeness (QED) is 0.270. The van der Waals surface area contributed by atoms with Crippen LogP contribution in [0.1, 0.15) is 93.1 Å². The van der Waals surface area contributed by atoms with Crippen molar-refractivity contribution in [3.05, 3.63) is 93.8 Å². The molecule has 224 valence electrons. The fourth-order valence-electron chi connectivity index (χ4n) is 10.9. The number of nitrogens with two attached hydrogens (primary N) is 1. The summed E-state index contributed by atoms with van der Waals surface area (Å²) in [7, 11) is 0. The molecule has 2 N–H and O–H groups in total. The number of ether oxygens (including phenoxy) is 2. The van der Waals surface area contributed by atoms with E-state index in [2.05, 4.69) is 62.4 Å². The second-order valence-corrected chi connectivity index (χ2v) is 13.9. The molecule has 8 rings (SSSR count). The molecular weight excluding hydrogens is 534 g/mol. The summed E-state index contributed by atoms with van der Waals surface area (Å²) in [5.74, 6) is 1.57. The molecule has 0 bridgehead atoms. The van der Waals surface area contributed by atoms with E-state index in [4.69, 9.17) is 15.2 Å². The van der Waals surface area contributed by atoms with Crippen molar-refractivity contribution in [2.45, 2.75) is 83.7 Å². The third kappa shape index (κ3) is 3.08. The Bertz CT molecular complexity index is 1580. The van der Waals surface area contributed by atoms with E-state index in [1.165, 1.54) is 16.7 Å². The number of fused-ring (bicyclic) bond motifs is 3. The van der Waals surface area contributed by atoms with Crippen LogP contribution in [0.5, 0.6) is 0 Å². The van der Waals surface area contributed by atoms with Gasteiger partial charge in [0.25, 0.3) is 0 Å². The van der Waals surface area contributed by atoms with E-state index in [1.54, 1.807) is 0 Å². The highest BCUT2D eigenvalue weighted by Crippen LogP contribution is 2.86. The van der Waals surface area contributed by atoms with Crippen molar-refractivity contribution >= 4 is 11.9 Å². The fraction of sp³-hybridized carbons (Fsp3) is 0.526. The number of carbonyl (C=O) groups excluding carboxylic acids is 2. The predicted octanol–water partition coefficient (Wildman–Crippen LogP) is 7.39. The number of hydrogen-bond donors (Lipinski definition) is 1. The van der Waals surface area contributed by atoms with E-state index in [-0.39, 0.29) is 17.9 Å². The van der Waals surface area contributed by atoms with E-state index < -0.39 is 16.4 Å². The van der Waals surface area contributed by atoms with Gasteiger partial charge in [-0.25, -0.2) is 4.79 Å². The van der Waals surface area contributed by atoms with Gasteiger partial charge in [-0.2, -0.15) is 0 Å². The Morgan fingerprint density at radius 1 is 1.12 bits per heavy atom. The van der Waals surface area contributed by atoms with Crippen molar-refractivity contribution in [2.24, 2.45) is 40.2 Å². The third-order valence-corrected chi connectivity index (χ3v) is 12.2. The standard InChI is InChI=1S/C38H43NO4/c1-3-5-18-31-36-20-19-26-27-16-7-12-23-11-6-14-25(32(23)27)22-29(26)37(36,35(41)42-31)30(10-4-2)38(36)28-17-8-13-24(15-9-21-39)33(28)34(40)43-38/h6-8,13-14,16-18,22-23,27,30,32H,3-5,9-12,15,19-21,39H2,1-2H3/t23-,27-,30-,32-,36+,37-,38-/m0/s1. The molecule has 0 radical (unpaired) electrons. The topological polar surface area (TPSA) is 78.6 Å². The molecule has 2 aliphatic heterocycles. The van der Waals surface area contributed by atoms with Crippen LogP contribution in [0.4, 0.5) is 0 Å². The van der Waals surface area contributed by atoms with Crippen molar-refractivity contribution < 1.29 is 19.1 Å². The number of aryl methyl sites for hydroxylation is 1. The first-order chi connectivity index (χ1) is 21.0. The molecule has 1 spiro atoms. The highest BCUT2D eigenvalue weighted by Gasteiger charge is 2.92. The van der Waals surface area contributed by atoms with Crippen molar-refractivity contribution in [3.63, 3.8) is 0 Å². The van der Waals surface area contributed by atoms with Crippen molar-refractivity contribution in [1.29, 1.82) is 0 Å². The van der Waals surface area contributed by atoms with E-state index >= 15 is 0 Å². The summed E-state index contributed by atoms with van der Waals surface area (Å²) in [5.41, 5.74) is 9.96. The normalized spacial score (nSPS) is 38.6. The molecule has 2 fully saturated rings. The minimum atomic E-state index is -0.929. The smallest absolute Gasteiger partial charge is 0.339 e. The lowest BCUT2D eigenvalue weighted by atomic mass is 9.29. The highest BCUT2D eigenvalue weighted by atomic mass is 16.6. The molecule has 1 aromatic rings. The Hall–Kier alpha value is -3.18. The van der Waals surface area contributed by atoms with Crippen LogP contribution >= 0.6 is 0 Å². The molecule has 5 heteroatoms. The summed E-state index contributed by atoms with van der Waals surface area (Å²) in [5, 5.41) is 0. The predicted molar refractivity (Wildman–Crippen MR) is 166 cm³/mol. The first-order valence-corrected chi connectivity index (χ1v) is 16.8. The Labute approximate surface area is 255 Å². The summed E-state index contributed by atoms with van der Waals surface area (Å²) < 4.78 is 13.3. The number of benzene rings is 1. The largest absolute Gasteiger partial charge is 0.449 e. The highest BCUT2D eigenvalue weighted by molar-refractivity contribution is 6.00. The maximum absolute atomic E-state index is 14.8. The van der Waals surface area contributed by atoms with Crippen LogP contribution < -0.4 is 5.73 Å². The van der Waals surface area contributed by atoms with E-state index in [0.717, 1.165) is 81.1 Å². The van der Waals surface area contributed by atoms with Gasteiger partial charge in [-0.1, -0.05) is 80.8 Å². The number of unbranched alkanes of at least 4 members (excludes halogenated alkanes) is 1. The molecule has 1 saturated carbocycles. The Kier molecular flexibility index (Phi) is 6.15. The first-order valence-electron chi connectivity index (χ1n) is 16.8. The summed E-state index contributed by atoms with van der Waals surface area (Å²) >= 11 is 0. The Balaban J connectivity index is 1.41. The van der Waals surface area contributed by atoms with E-state index in [0.29, 0.717) is 29.9 Å². The molecule has 0 amide bonds. The number of allylic oxidation sites excluding steroid dienone is 8. The van der Waals surface area contributed by atoms with Crippen LogP contribution in [0, 0.1) is 34.5 Å². The van der Waals surface area contributed by atoms with Crippen LogP contribution in [-0.2, 0) is 26.3 Å². The molecular formula is C38H43NO4. The molecule has 0 aromatic heterocycles. The number of hydrogen-bond acceptors (Lipinski definition) is 5. The van der Waals surface area contributed by atoms with Crippen LogP contribution in [0.3, 0.4) is 0 Å². The average molecular weight is 578 g/mol. The molecule has 1 saturated heterocycles.